The average Bonchev–Trinajstić information content (AvgIpc) is 3.05. The molecule has 0 fully saturated rings. The van der Waals surface area contributed by atoms with Crippen LogP contribution in [-0.4, -0.2) is 40.7 Å². The molecule has 0 saturated heterocycles. The lowest BCUT2D eigenvalue weighted by Crippen LogP contribution is -2.26. The van der Waals surface area contributed by atoms with Crippen molar-refractivity contribution in [3.8, 4) is 11.3 Å². The van der Waals surface area contributed by atoms with E-state index in [4.69, 9.17) is 0 Å². The number of carbonyl (C=O) groups is 2. The summed E-state index contributed by atoms with van der Waals surface area (Å²) >= 11 is 0. The summed E-state index contributed by atoms with van der Waals surface area (Å²) in [4.78, 5) is 34.6. The standard InChI is InChI=1S/C24H26N4O2/c1-24(2)13-18-20(19(29)14-24)22(21(27-18)15-8-10-25-11-9-15)26-17-7-5-6-16(12-17)23(30)28(3)4/h5-12,26-27H,13-14H2,1-4H3. The summed E-state index contributed by atoms with van der Waals surface area (Å²) in [5, 5.41) is 3.43. The fourth-order valence-corrected chi connectivity index (χ4v) is 4.05. The Morgan fingerprint density at radius 2 is 1.87 bits per heavy atom. The Hall–Kier alpha value is -3.41. The minimum Gasteiger partial charge on any atom is -0.356 e. The SMILES string of the molecule is CN(C)C(=O)c1cccc(Nc2c(-c3ccncc3)[nH]c3c2C(=O)CC(C)(C)C3)c1. The Morgan fingerprint density at radius 1 is 1.13 bits per heavy atom. The topological polar surface area (TPSA) is 78.1 Å². The van der Waals surface area contributed by atoms with Gasteiger partial charge in [0.05, 0.1) is 16.9 Å². The van der Waals surface area contributed by atoms with Crippen LogP contribution < -0.4 is 5.32 Å². The van der Waals surface area contributed by atoms with Gasteiger partial charge in [-0.2, -0.15) is 0 Å². The van der Waals surface area contributed by atoms with E-state index in [0.29, 0.717) is 17.5 Å². The first-order valence-electron chi connectivity index (χ1n) is 10.0. The van der Waals surface area contributed by atoms with Gasteiger partial charge < -0.3 is 15.2 Å². The van der Waals surface area contributed by atoms with Crippen LogP contribution in [0.3, 0.4) is 0 Å². The van der Waals surface area contributed by atoms with Crippen molar-refractivity contribution in [2.75, 3.05) is 19.4 Å². The lowest BCUT2D eigenvalue weighted by molar-refractivity contribution is 0.0827. The second-order valence-corrected chi connectivity index (χ2v) is 8.81. The molecular formula is C24H26N4O2. The summed E-state index contributed by atoms with van der Waals surface area (Å²) in [7, 11) is 3.46. The molecule has 0 atom stereocenters. The van der Waals surface area contributed by atoms with Gasteiger partial charge in [0.15, 0.2) is 5.78 Å². The highest BCUT2D eigenvalue weighted by molar-refractivity contribution is 6.08. The average molecular weight is 402 g/mol. The Balaban J connectivity index is 1.82. The van der Waals surface area contributed by atoms with Crippen LogP contribution in [0.25, 0.3) is 11.3 Å². The fraction of sp³-hybridized carbons (Fsp3) is 0.292. The molecule has 3 aromatic rings. The molecule has 2 heterocycles. The van der Waals surface area contributed by atoms with Crippen molar-refractivity contribution in [3.05, 3.63) is 65.6 Å². The normalized spacial score (nSPS) is 14.9. The number of hydrogen-bond acceptors (Lipinski definition) is 4. The van der Waals surface area contributed by atoms with Crippen LogP contribution in [0.5, 0.6) is 0 Å². The highest BCUT2D eigenvalue weighted by atomic mass is 16.2. The van der Waals surface area contributed by atoms with E-state index in [9.17, 15) is 9.59 Å². The third-order valence-corrected chi connectivity index (χ3v) is 5.40. The third kappa shape index (κ3) is 3.73. The summed E-state index contributed by atoms with van der Waals surface area (Å²) in [6.45, 7) is 4.23. The zero-order valence-corrected chi connectivity index (χ0v) is 17.7. The summed E-state index contributed by atoms with van der Waals surface area (Å²) in [5.74, 6) is 0.0581. The number of Topliss-reactive ketones (excluding diaryl/α,β-unsaturated/α-hetero) is 1. The molecule has 1 amide bonds. The van der Waals surface area contributed by atoms with Gasteiger partial charge in [-0.1, -0.05) is 19.9 Å². The number of anilines is 2. The van der Waals surface area contributed by atoms with Gasteiger partial charge in [-0.25, -0.2) is 0 Å². The van der Waals surface area contributed by atoms with Gasteiger partial charge in [0.1, 0.15) is 0 Å². The van der Waals surface area contributed by atoms with Gasteiger partial charge in [0.25, 0.3) is 5.91 Å². The highest BCUT2D eigenvalue weighted by Crippen LogP contribution is 2.43. The van der Waals surface area contributed by atoms with Gasteiger partial charge in [0, 0.05) is 55.4 Å². The Labute approximate surface area is 176 Å². The molecule has 1 aromatic carbocycles. The number of fused-ring (bicyclic) bond motifs is 1. The summed E-state index contributed by atoms with van der Waals surface area (Å²) < 4.78 is 0. The number of H-pyrrole nitrogens is 1. The maximum Gasteiger partial charge on any atom is 0.253 e. The van der Waals surface area contributed by atoms with E-state index in [-0.39, 0.29) is 17.1 Å². The van der Waals surface area contributed by atoms with Crippen LogP contribution in [0.15, 0.2) is 48.8 Å². The van der Waals surface area contributed by atoms with Crippen molar-refractivity contribution in [2.24, 2.45) is 5.41 Å². The molecule has 0 aliphatic heterocycles. The lowest BCUT2D eigenvalue weighted by atomic mass is 9.76. The predicted octanol–water partition coefficient (Wildman–Crippen LogP) is 4.68. The van der Waals surface area contributed by atoms with Crippen molar-refractivity contribution in [1.82, 2.24) is 14.9 Å². The number of carbonyl (C=O) groups excluding carboxylic acids is 2. The first-order valence-corrected chi connectivity index (χ1v) is 10.0. The number of amides is 1. The van der Waals surface area contributed by atoms with E-state index in [2.05, 4.69) is 29.1 Å². The molecule has 1 aliphatic rings. The van der Waals surface area contributed by atoms with E-state index in [1.54, 1.807) is 37.5 Å². The fourth-order valence-electron chi connectivity index (χ4n) is 4.05. The molecule has 0 radical (unpaired) electrons. The monoisotopic (exact) mass is 402 g/mol. The number of nitrogens with one attached hydrogen (secondary N) is 2. The molecule has 30 heavy (non-hydrogen) atoms. The molecule has 0 saturated carbocycles. The minimum atomic E-state index is -0.0836. The van der Waals surface area contributed by atoms with E-state index < -0.39 is 0 Å². The van der Waals surface area contributed by atoms with E-state index in [1.165, 1.54) is 0 Å². The quantitative estimate of drug-likeness (QED) is 0.664. The maximum atomic E-state index is 13.1. The second-order valence-electron chi connectivity index (χ2n) is 8.81. The van der Waals surface area contributed by atoms with Crippen LogP contribution in [0.2, 0.25) is 0 Å². The number of aromatic amines is 1. The summed E-state index contributed by atoms with van der Waals surface area (Å²) in [6, 6.07) is 11.2. The molecule has 6 heteroatoms. The van der Waals surface area contributed by atoms with Crippen LogP contribution in [0.1, 0.15) is 46.7 Å². The smallest absolute Gasteiger partial charge is 0.253 e. The summed E-state index contributed by atoms with van der Waals surface area (Å²) in [5.41, 5.74) is 5.50. The van der Waals surface area contributed by atoms with Gasteiger partial charge in [0.2, 0.25) is 0 Å². The number of hydrogen-bond donors (Lipinski definition) is 2. The van der Waals surface area contributed by atoms with Crippen LogP contribution in [-0.2, 0) is 6.42 Å². The molecule has 154 valence electrons. The van der Waals surface area contributed by atoms with Crippen LogP contribution in [0.4, 0.5) is 11.4 Å². The number of nitrogens with zero attached hydrogens (tertiary/aromatic N) is 2. The van der Waals surface area contributed by atoms with Gasteiger partial charge in [-0.3, -0.25) is 14.6 Å². The molecule has 0 unspecified atom stereocenters. The van der Waals surface area contributed by atoms with Crippen molar-refractivity contribution < 1.29 is 9.59 Å². The second kappa shape index (κ2) is 7.44. The van der Waals surface area contributed by atoms with Crippen LogP contribution >= 0.6 is 0 Å². The zero-order valence-electron chi connectivity index (χ0n) is 17.7. The largest absolute Gasteiger partial charge is 0.356 e. The number of rotatable bonds is 4. The molecule has 2 aromatic heterocycles. The molecule has 0 bridgehead atoms. The predicted molar refractivity (Wildman–Crippen MR) is 118 cm³/mol. The van der Waals surface area contributed by atoms with E-state index in [1.807, 2.05) is 30.3 Å². The molecule has 4 rings (SSSR count). The van der Waals surface area contributed by atoms with Gasteiger partial charge in [-0.15, -0.1) is 0 Å². The molecule has 0 spiro atoms. The van der Waals surface area contributed by atoms with Gasteiger partial charge in [-0.05, 0) is 42.2 Å². The Bertz CT molecular complexity index is 1110. The molecule has 6 nitrogen and oxygen atoms in total. The zero-order chi connectivity index (χ0) is 21.5. The van der Waals surface area contributed by atoms with Crippen molar-refractivity contribution in [2.45, 2.75) is 26.7 Å². The number of benzene rings is 1. The first-order chi connectivity index (χ1) is 14.2. The Kier molecular flexibility index (Phi) is 4.94. The van der Waals surface area contributed by atoms with Crippen molar-refractivity contribution >= 4 is 23.1 Å². The van der Waals surface area contributed by atoms with Crippen molar-refractivity contribution in [1.29, 1.82) is 0 Å². The van der Waals surface area contributed by atoms with E-state index in [0.717, 1.165) is 34.7 Å². The molecule has 2 N–H and O–H groups in total. The molecule has 1 aliphatic carbocycles. The van der Waals surface area contributed by atoms with Gasteiger partial charge >= 0.3 is 0 Å². The first kappa shape index (κ1) is 19.9. The minimum absolute atomic E-state index is 0.0677. The maximum absolute atomic E-state index is 13.1. The van der Waals surface area contributed by atoms with E-state index >= 15 is 0 Å². The number of ketones is 1. The highest BCUT2D eigenvalue weighted by Gasteiger charge is 2.35. The van der Waals surface area contributed by atoms with Crippen LogP contribution in [0, 0.1) is 5.41 Å². The third-order valence-electron chi connectivity index (χ3n) is 5.40. The number of pyridine rings is 1. The van der Waals surface area contributed by atoms with Crippen molar-refractivity contribution in [3.63, 3.8) is 0 Å². The Morgan fingerprint density at radius 3 is 2.57 bits per heavy atom. The summed E-state index contributed by atoms with van der Waals surface area (Å²) in [6.07, 6.45) is 4.77. The molecular weight excluding hydrogens is 376 g/mol. The lowest BCUT2D eigenvalue weighted by Gasteiger charge is -2.28. The number of aromatic nitrogens is 2.